The van der Waals surface area contributed by atoms with Crippen LogP contribution in [-0.2, 0) is 16.2 Å². The summed E-state index contributed by atoms with van der Waals surface area (Å²) >= 11 is 0. The Morgan fingerprint density at radius 3 is 1.07 bits per heavy atom. The summed E-state index contributed by atoms with van der Waals surface area (Å²) in [5.41, 5.74) is 7.43. The standard InChI is InChI=1S/C40H52O3/c1-7-25(4)32-16-29(10-13-35(32)41)38-19-28-20-39(22-38,30-11-14-36(42)33(17-30)26(5)8-2)24-40(21-28,23-38)31-12-15-37(43)34(18-31)27(6)9-3/h10-18,25-28,41-43H,7-9,19-24H2,1-6H3. The first kappa shape index (κ1) is 30.1. The van der Waals surface area contributed by atoms with Crippen LogP contribution >= 0.6 is 0 Å². The van der Waals surface area contributed by atoms with Gasteiger partial charge in [-0.25, -0.2) is 0 Å². The molecule has 0 heterocycles. The molecule has 0 amide bonds. The van der Waals surface area contributed by atoms with Gasteiger partial charge in [0.25, 0.3) is 0 Å². The van der Waals surface area contributed by atoms with Gasteiger partial charge in [-0.05, 0) is 149 Å². The zero-order valence-corrected chi connectivity index (χ0v) is 27.2. The molecule has 4 fully saturated rings. The van der Waals surface area contributed by atoms with E-state index in [0.29, 0.717) is 40.9 Å². The fourth-order valence-corrected chi connectivity index (χ4v) is 9.90. The number of phenols is 3. The second kappa shape index (κ2) is 10.9. The van der Waals surface area contributed by atoms with Crippen molar-refractivity contribution in [1.82, 2.24) is 0 Å². The Hall–Kier alpha value is -2.94. The third-order valence-electron chi connectivity index (χ3n) is 12.4. The van der Waals surface area contributed by atoms with Crippen molar-refractivity contribution in [2.45, 2.75) is 133 Å². The number of rotatable bonds is 9. The lowest BCUT2D eigenvalue weighted by molar-refractivity contribution is -0.0494. The summed E-state index contributed by atoms with van der Waals surface area (Å²) in [6, 6.07) is 19.6. The summed E-state index contributed by atoms with van der Waals surface area (Å²) in [7, 11) is 0. The topological polar surface area (TPSA) is 60.7 Å². The van der Waals surface area contributed by atoms with Gasteiger partial charge in [0.2, 0.25) is 0 Å². The first-order chi connectivity index (χ1) is 20.5. The zero-order chi connectivity index (χ0) is 30.7. The van der Waals surface area contributed by atoms with E-state index in [0.717, 1.165) is 55.2 Å². The van der Waals surface area contributed by atoms with Crippen molar-refractivity contribution in [2.75, 3.05) is 0 Å². The predicted molar refractivity (Wildman–Crippen MR) is 177 cm³/mol. The highest BCUT2D eigenvalue weighted by molar-refractivity contribution is 5.51. The number of benzene rings is 3. The maximum atomic E-state index is 10.9. The molecule has 4 aliphatic rings. The van der Waals surface area contributed by atoms with Gasteiger partial charge in [-0.1, -0.05) is 77.9 Å². The van der Waals surface area contributed by atoms with E-state index < -0.39 is 0 Å². The molecule has 3 aromatic carbocycles. The second-order valence-electron chi connectivity index (χ2n) is 15.1. The average Bonchev–Trinajstić information content (AvgIpc) is 2.99. The molecule has 0 aromatic heterocycles. The summed E-state index contributed by atoms with van der Waals surface area (Å²) in [5, 5.41) is 32.7. The highest BCUT2D eigenvalue weighted by Gasteiger charge is 2.64. The molecule has 230 valence electrons. The molecule has 0 saturated heterocycles. The molecule has 7 rings (SSSR count). The first-order valence-electron chi connectivity index (χ1n) is 17.0. The third kappa shape index (κ3) is 4.86. The molecule has 3 atom stereocenters. The molecular formula is C40H52O3. The molecule has 3 heteroatoms. The lowest BCUT2D eigenvalue weighted by atomic mass is 9.36. The summed E-state index contributed by atoms with van der Waals surface area (Å²) in [5.74, 6) is 2.77. The van der Waals surface area contributed by atoms with E-state index in [-0.39, 0.29) is 16.2 Å². The first-order valence-corrected chi connectivity index (χ1v) is 17.0. The van der Waals surface area contributed by atoms with Gasteiger partial charge < -0.3 is 15.3 Å². The largest absolute Gasteiger partial charge is 0.508 e. The van der Waals surface area contributed by atoms with Crippen molar-refractivity contribution in [3.63, 3.8) is 0 Å². The molecule has 3 aromatic rings. The van der Waals surface area contributed by atoms with Crippen LogP contribution in [0.25, 0.3) is 0 Å². The predicted octanol–water partition coefficient (Wildman–Crippen LogP) is 10.5. The Bertz CT molecular complexity index is 1320. The quantitative estimate of drug-likeness (QED) is 0.236. The van der Waals surface area contributed by atoms with Crippen molar-refractivity contribution in [1.29, 1.82) is 0 Å². The molecule has 0 radical (unpaired) electrons. The summed E-state index contributed by atoms with van der Waals surface area (Å²) in [6.07, 6.45) is 9.86. The van der Waals surface area contributed by atoms with E-state index in [4.69, 9.17) is 0 Å². The van der Waals surface area contributed by atoms with Gasteiger partial charge >= 0.3 is 0 Å². The minimum Gasteiger partial charge on any atom is -0.508 e. The molecular weight excluding hydrogens is 528 g/mol. The zero-order valence-electron chi connectivity index (χ0n) is 27.2. The minimum atomic E-state index is 0.0121. The Morgan fingerprint density at radius 2 is 0.814 bits per heavy atom. The van der Waals surface area contributed by atoms with Crippen LogP contribution in [0.15, 0.2) is 54.6 Å². The van der Waals surface area contributed by atoms with E-state index in [9.17, 15) is 15.3 Å². The van der Waals surface area contributed by atoms with Crippen molar-refractivity contribution >= 4 is 0 Å². The van der Waals surface area contributed by atoms with Crippen molar-refractivity contribution in [2.24, 2.45) is 5.92 Å². The van der Waals surface area contributed by atoms with Crippen LogP contribution in [0.5, 0.6) is 17.2 Å². The van der Waals surface area contributed by atoms with Gasteiger partial charge in [0, 0.05) is 0 Å². The molecule has 4 aliphatic carbocycles. The lowest BCUT2D eigenvalue weighted by Crippen LogP contribution is -2.62. The van der Waals surface area contributed by atoms with Crippen molar-refractivity contribution in [3.05, 3.63) is 88.0 Å². The Kier molecular flexibility index (Phi) is 7.63. The summed E-state index contributed by atoms with van der Waals surface area (Å²) in [6.45, 7) is 13.3. The molecule has 3 unspecified atom stereocenters. The van der Waals surface area contributed by atoms with E-state index in [2.05, 4.69) is 77.9 Å². The minimum absolute atomic E-state index is 0.0121. The van der Waals surface area contributed by atoms with Crippen LogP contribution in [0.2, 0.25) is 0 Å². The number of aromatic hydroxyl groups is 3. The summed E-state index contributed by atoms with van der Waals surface area (Å²) < 4.78 is 0. The van der Waals surface area contributed by atoms with Crippen LogP contribution in [0.4, 0.5) is 0 Å². The van der Waals surface area contributed by atoms with E-state index >= 15 is 0 Å². The van der Waals surface area contributed by atoms with Crippen molar-refractivity contribution in [3.8, 4) is 17.2 Å². The molecule has 0 spiro atoms. The number of hydrogen-bond acceptors (Lipinski definition) is 3. The van der Waals surface area contributed by atoms with Gasteiger partial charge in [-0.2, -0.15) is 0 Å². The van der Waals surface area contributed by atoms with Crippen LogP contribution in [0.1, 0.15) is 150 Å². The summed E-state index contributed by atoms with van der Waals surface area (Å²) in [4.78, 5) is 0. The van der Waals surface area contributed by atoms with Crippen LogP contribution < -0.4 is 0 Å². The Labute approximate surface area is 259 Å². The average molecular weight is 581 g/mol. The fourth-order valence-electron chi connectivity index (χ4n) is 9.90. The number of hydrogen-bond donors (Lipinski definition) is 3. The highest BCUT2D eigenvalue weighted by atomic mass is 16.3. The van der Waals surface area contributed by atoms with Gasteiger partial charge in [-0.3, -0.25) is 0 Å². The van der Waals surface area contributed by atoms with Gasteiger partial charge in [-0.15, -0.1) is 0 Å². The Balaban J connectivity index is 1.55. The molecule has 4 bridgehead atoms. The molecule has 43 heavy (non-hydrogen) atoms. The molecule has 0 aliphatic heterocycles. The van der Waals surface area contributed by atoms with Crippen LogP contribution in [0.3, 0.4) is 0 Å². The molecule has 3 nitrogen and oxygen atoms in total. The fraction of sp³-hybridized carbons (Fsp3) is 0.550. The van der Waals surface area contributed by atoms with Gasteiger partial charge in [0.1, 0.15) is 17.2 Å². The van der Waals surface area contributed by atoms with E-state index in [1.807, 2.05) is 18.2 Å². The van der Waals surface area contributed by atoms with Gasteiger partial charge in [0.15, 0.2) is 0 Å². The maximum absolute atomic E-state index is 10.9. The lowest BCUT2D eigenvalue weighted by Gasteiger charge is -2.67. The van der Waals surface area contributed by atoms with Crippen LogP contribution in [-0.4, -0.2) is 15.3 Å². The smallest absolute Gasteiger partial charge is 0.119 e. The molecule has 3 N–H and O–H groups in total. The van der Waals surface area contributed by atoms with Crippen molar-refractivity contribution < 1.29 is 15.3 Å². The monoisotopic (exact) mass is 580 g/mol. The van der Waals surface area contributed by atoms with E-state index in [1.54, 1.807) is 0 Å². The highest BCUT2D eigenvalue weighted by Crippen LogP contribution is 2.71. The molecule has 4 saturated carbocycles. The van der Waals surface area contributed by atoms with Gasteiger partial charge in [0.05, 0.1) is 0 Å². The van der Waals surface area contributed by atoms with E-state index in [1.165, 1.54) is 36.0 Å². The maximum Gasteiger partial charge on any atom is 0.119 e. The Morgan fingerprint density at radius 1 is 0.535 bits per heavy atom. The van der Waals surface area contributed by atoms with Crippen LogP contribution in [0, 0.1) is 5.92 Å². The normalized spacial score (nSPS) is 29.9. The number of phenolic OH excluding ortho intramolecular Hbond substituents is 3. The second-order valence-corrected chi connectivity index (χ2v) is 15.1. The third-order valence-corrected chi connectivity index (χ3v) is 12.4. The SMILES string of the molecule is CCC(C)c1cc(C23CC4CC(c5ccc(O)c(C(C)CC)c5)(C2)CC(c2ccc(O)c(C(C)CC)c2)(C4)C3)ccc1O.